The van der Waals surface area contributed by atoms with E-state index in [1.54, 1.807) is 30.8 Å². The van der Waals surface area contributed by atoms with E-state index in [4.69, 9.17) is 16.2 Å². The Hall–Kier alpha value is -3.99. The third-order valence-corrected chi connectivity index (χ3v) is 11.9. The van der Waals surface area contributed by atoms with Gasteiger partial charge in [0, 0.05) is 53.6 Å². The van der Waals surface area contributed by atoms with Crippen molar-refractivity contribution >= 4 is 45.6 Å². The zero-order valence-electron chi connectivity index (χ0n) is 26.0. The quantitative estimate of drug-likeness (QED) is 0.350. The van der Waals surface area contributed by atoms with Gasteiger partial charge in [0.25, 0.3) is 6.43 Å². The topological polar surface area (TPSA) is 157 Å². The van der Waals surface area contributed by atoms with Gasteiger partial charge in [-0.25, -0.2) is 18.2 Å². The molecule has 0 bridgehead atoms. The summed E-state index contributed by atoms with van der Waals surface area (Å²) in [7, 11) is 1.37. The number of nitrogen functional groups attached to an aromatic ring is 2. The lowest BCUT2D eigenvalue weighted by Gasteiger charge is -2.48. The minimum absolute atomic E-state index is 0.0172. The highest BCUT2D eigenvalue weighted by Gasteiger charge is 2.53. The Balaban J connectivity index is 0.000000366. The fraction of sp³-hybridized carbons (Fsp3) is 0.516. The number of aromatic nitrogens is 3. The van der Waals surface area contributed by atoms with Crippen molar-refractivity contribution in [2.75, 3.05) is 61.1 Å². The van der Waals surface area contributed by atoms with Crippen LogP contribution < -0.4 is 26.0 Å². The molecule has 0 radical (unpaired) electrons. The van der Waals surface area contributed by atoms with E-state index >= 15 is 0 Å². The van der Waals surface area contributed by atoms with E-state index in [1.807, 2.05) is 4.90 Å². The van der Waals surface area contributed by atoms with Crippen LogP contribution in [-0.4, -0.2) is 78.3 Å². The summed E-state index contributed by atoms with van der Waals surface area (Å²) in [6, 6.07) is 7.60. The molecule has 3 aromatic heterocycles. The number of thioether (sulfide) groups is 1. The van der Waals surface area contributed by atoms with Crippen molar-refractivity contribution in [1.82, 2.24) is 19.9 Å². The molecule has 248 valence electrons. The first-order chi connectivity index (χ1) is 22.6. The predicted octanol–water partition coefficient (Wildman–Crippen LogP) is 4.84. The second-order valence-electron chi connectivity index (χ2n) is 12.1. The number of nitriles is 2. The number of thiophene rings is 1. The summed E-state index contributed by atoms with van der Waals surface area (Å²) in [4.78, 5) is 19.4. The van der Waals surface area contributed by atoms with Gasteiger partial charge in [-0.15, -0.1) is 23.1 Å². The van der Waals surface area contributed by atoms with Gasteiger partial charge in [-0.2, -0.15) is 20.5 Å². The van der Waals surface area contributed by atoms with Gasteiger partial charge in [-0.3, -0.25) is 4.90 Å². The third-order valence-electron chi connectivity index (χ3n) is 9.25. The van der Waals surface area contributed by atoms with Gasteiger partial charge in [0.05, 0.1) is 30.0 Å². The van der Waals surface area contributed by atoms with Crippen molar-refractivity contribution in [3.05, 3.63) is 45.5 Å². The molecule has 16 heteroatoms. The standard InChI is InChI=1S/C24H23F2N9OS2.C7H12FN/c1-12(13-4-3-5-31-19(13)29)35(8-17(25)26)22-15(7-28)21(32-23(33-22)36-2)34-10-24(11-34)18-14(6-27)20(30)38-16(18)9-37-24;8-6-4-7-2-1-3-9(7)5-6/h3-5,12,17H,8-11,30H2,1-2H3,(H2,29,31);6-7H,1-5H2. The Morgan fingerprint density at radius 3 is 2.64 bits per heavy atom. The maximum atomic E-state index is 13.8. The number of alkyl halides is 3. The van der Waals surface area contributed by atoms with Crippen LogP contribution in [0, 0.1) is 22.7 Å². The number of hydrogen-bond acceptors (Lipinski definition) is 13. The zero-order chi connectivity index (χ0) is 33.5. The Kier molecular flexibility index (Phi) is 9.29. The lowest BCUT2D eigenvalue weighted by Crippen LogP contribution is -2.57. The van der Waals surface area contributed by atoms with Crippen LogP contribution in [0.4, 0.5) is 35.6 Å². The highest BCUT2D eigenvalue weighted by atomic mass is 32.2. The lowest BCUT2D eigenvalue weighted by atomic mass is 9.88. The Bertz CT molecular complexity index is 1710. The second-order valence-corrected chi connectivity index (χ2v) is 14.6. The normalized spacial score (nSPS) is 21.3. The van der Waals surface area contributed by atoms with E-state index in [2.05, 4.69) is 32.0 Å². The minimum atomic E-state index is -2.72. The molecule has 0 aromatic carbocycles. The number of nitrogens with two attached hydrogens (primary N) is 2. The van der Waals surface area contributed by atoms with Gasteiger partial charge in [0.15, 0.2) is 11.6 Å². The number of halogens is 3. The summed E-state index contributed by atoms with van der Waals surface area (Å²) in [6.07, 6.45) is 1.61. The molecule has 0 amide bonds. The summed E-state index contributed by atoms with van der Waals surface area (Å²) in [5, 5.41) is 20.4. The molecule has 1 spiro atoms. The highest BCUT2D eigenvalue weighted by Crippen LogP contribution is 2.58. The molecule has 3 aromatic rings. The number of rotatable bonds is 7. The molecule has 47 heavy (non-hydrogen) atoms. The first-order valence-electron chi connectivity index (χ1n) is 15.3. The number of ether oxygens (including phenoxy) is 1. The van der Waals surface area contributed by atoms with Crippen molar-refractivity contribution in [1.29, 1.82) is 10.5 Å². The van der Waals surface area contributed by atoms with Crippen molar-refractivity contribution in [2.45, 2.75) is 61.4 Å². The molecule has 4 N–H and O–H groups in total. The summed E-state index contributed by atoms with van der Waals surface area (Å²) >= 11 is 3.15. The van der Waals surface area contributed by atoms with Crippen LogP contribution in [0.1, 0.15) is 59.4 Å². The van der Waals surface area contributed by atoms with Crippen LogP contribution in [0.15, 0.2) is 18.3 Å². The Morgan fingerprint density at radius 1 is 1.21 bits per heavy atom. The fourth-order valence-corrected chi connectivity index (χ4v) is 9.85. The van der Waals surface area contributed by atoms with E-state index < -0.39 is 25.2 Å². The van der Waals surface area contributed by atoms with Crippen molar-refractivity contribution in [2.24, 2.45) is 0 Å². The van der Waals surface area contributed by atoms with Crippen LogP contribution in [0.5, 0.6) is 6.01 Å². The molecule has 3 saturated heterocycles. The van der Waals surface area contributed by atoms with Crippen molar-refractivity contribution < 1.29 is 17.9 Å². The third kappa shape index (κ3) is 6.10. The van der Waals surface area contributed by atoms with Crippen LogP contribution in [-0.2, 0) is 10.5 Å². The number of hydrogen-bond donors (Lipinski definition) is 2. The van der Waals surface area contributed by atoms with Gasteiger partial charge in [0.1, 0.15) is 34.7 Å². The zero-order valence-corrected chi connectivity index (χ0v) is 27.6. The van der Waals surface area contributed by atoms with E-state index in [0.29, 0.717) is 41.8 Å². The summed E-state index contributed by atoms with van der Waals surface area (Å²) in [5.41, 5.74) is 14.1. The number of anilines is 4. The average Bonchev–Trinajstić information content (AvgIpc) is 3.79. The number of fused-ring (bicyclic) bond motifs is 3. The van der Waals surface area contributed by atoms with Crippen LogP contribution in [0.2, 0.25) is 0 Å². The molecular formula is C31H35F3N10OS2. The van der Waals surface area contributed by atoms with Gasteiger partial charge >= 0.3 is 6.01 Å². The first-order valence-corrected chi connectivity index (χ1v) is 17.1. The Labute approximate surface area is 279 Å². The van der Waals surface area contributed by atoms with E-state index in [0.717, 1.165) is 29.2 Å². The van der Waals surface area contributed by atoms with Crippen molar-refractivity contribution in [3.63, 3.8) is 0 Å². The van der Waals surface area contributed by atoms with Gasteiger partial charge in [0.2, 0.25) is 0 Å². The SMILES string of the molecule is COc1nc(N2CC3(C2)SCc2sc(N)c(C#N)c23)c(C#N)c(N(CC(F)F)C(C)c2cccnc2N)n1.FC1CC2CCCN2C1. The van der Waals surface area contributed by atoms with Crippen LogP contribution in [0.3, 0.4) is 0 Å². The molecule has 3 unspecified atom stereocenters. The number of methoxy groups -OCH3 is 1. The number of nitrogens with zero attached hydrogens (tertiary/aromatic N) is 8. The Morgan fingerprint density at radius 2 is 1.98 bits per heavy atom. The molecular weight excluding hydrogens is 650 g/mol. The highest BCUT2D eigenvalue weighted by molar-refractivity contribution is 8.00. The molecule has 3 fully saturated rings. The smallest absolute Gasteiger partial charge is 0.320 e. The van der Waals surface area contributed by atoms with E-state index in [9.17, 15) is 23.7 Å². The monoisotopic (exact) mass is 684 g/mol. The van der Waals surface area contributed by atoms with Gasteiger partial charge in [-0.05, 0) is 38.8 Å². The first kappa shape index (κ1) is 32.9. The maximum absolute atomic E-state index is 13.8. The predicted molar refractivity (Wildman–Crippen MR) is 176 cm³/mol. The summed E-state index contributed by atoms with van der Waals surface area (Å²) in [5.74, 6) is 1.24. The van der Waals surface area contributed by atoms with E-state index in [-0.39, 0.29) is 33.8 Å². The lowest BCUT2D eigenvalue weighted by molar-refractivity contribution is 0.152. The molecule has 3 atom stereocenters. The second kappa shape index (κ2) is 13.3. The van der Waals surface area contributed by atoms with Crippen LogP contribution in [0.25, 0.3) is 0 Å². The average molecular weight is 685 g/mol. The van der Waals surface area contributed by atoms with Crippen LogP contribution >= 0.6 is 23.1 Å². The molecule has 11 nitrogen and oxygen atoms in total. The number of pyridine rings is 1. The molecule has 0 aliphatic carbocycles. The molecule has 0 saturated carbocycles. The minimum Gasteiger partial charge on any atom is -0.467 e. The van der Waals surface area contributed by atoms with Gasteiger partial charge < -0.3 is 26.0 Å². The fourth-order valence-electron chi connectivity index (χ4n) is 7.04. The van der Waals surface area contributed by atoms with Crippen molar-refractivity contribution in [3.8, 4) is 18.1 Å². The van der Waals surface area contributed by atoms with E-state index in [1.165, 1.54) is 42.4 Å². The maximum Gasteiger partial charge on any atom is 0.320 e. The molecule has 7 heterocycles. The summed E-state index contributed by atoms with van der Waals surface area (Å²) in [6.45, 7) is 3.78. The molecule has 4 aliphatic rings. The van der Waals surface area contributed by atoms with Gasteiger partial charge in [-0.1, -0.05) is 6.07 Å². The largest absolute Gasteiger partial charge is 0.467 e. The summed E-state index contributed by atoms with van der Waals surface area (Å²) < 4.78 is 45.2. The molecule has 4 aliphatic heterocycles. The molecule has 7 rings (SSSR count).